The van der Waals surface area contributed by atoms with E-state index in [9.17, 15) is 0 Å². The van der Waals surface area contributed by atoms with E-state index in [1.54, 1.807) is 7.11 Å². The zero-order valence-corrected chi connectivity index (χ0v) is 14.9. The Hall–Kier alpha value is -2.26. The summed E-state index contributed by atoms with van der Waals surface area (Å²) in [6.07, 6.45) is 5.77. The number of methoxy groups -OCH3 is 1. The van der Waals surface area contributed by atoms with Crippen molar-refractivity contribution < 1.29 is 4.74 Å². The quantitative estimate of drug-likeness (QED) is 0.739. The van der Waals surface area contributed by atoms with Crippen LogP contribution in [0.15, 0.2) is 54.7 Å². The molecule has 1 aliphatic heterocycles. The first-order chi connectivity index (χ1) is 12.3. The van der Waals surface area contributed by atoms with Gasteiger partial charge in [-0.3, -0.25) is 0 Å². The third kappa shape index (κ3) is 3.42. The second-order valence-electron chi connectivity index (χ2n) is 6.97. The number of aromatic nitrogens is 1. The van der Waals surface area contributed by atoms with E-state index in [0.29, 0.717) is 5.92 Å². The topological polar surface area (TPSA) is 28.3 Å². The Morgan fingerprint density at radius 2 is 1.80 bits per heavy atom. The van der Waals surface area contributed by atoms with E-state index in [1.165, 1.54) is 48.0 Å². The smallest absolute Gasteiger partial charge is 0.122 e. The molecule has 0 aliphatic carbocycles. The van der Waals surface area contributed by atoms with Crippen LogP contribution in [0.25, 0.3) is 10.9 Å². The van der Waals surface area contributed by atoms with Gasteiger partial charge in [0, 0.05) is 23.6 Å². The molecule has 0 saturated carbocycles. The molecule has 1 aromatic heterocycles. The number of piperidine rings is 1. The minimum atomic E-state index is 0.679. The number of ether oxygens (including phenoxy) is 1. The van der Waals surface area contributed by atoms with E-state index in [0.717, 1.165) is 18.7 Å². The van der Waals surface area contributed by atoms with Gasteiger partial charge in [0.2, 0.25) is 0 Å². The SMILES string of the molecule is COc1ccccc1CCN1CCC(c2c[nH]c3ccccc23)CC1. The van der Waals surface area contributed by atoms with Gasteiger partial charge in [0.1, 0.15) is 5.75 Å². The number of nitrogens with one attached hydrogen (secondary N) is 1. The third-order valence-electron chi connectivity index (χ3n) is 5.54. The molecule has 1 fully saturated rings. The molecule has 3 heteroatoms. The summed E-state index contributed by atoms with van der Waals surface area (Å²) in [5.41, 5.74) is 4.07. The molecule has 2 aromatic carbocycles. The van der Waals surface area contributed by atoms with Crippen LogP contribution in [-0.4, -0.2) is 36.6 Å². The number of para-hydroxylation sites is 2. The van der Waals surface area contributed by atoms with Crippen molar-refractivity contribution in [3.63, 3.8) is 0 Å². The van der Waals surface area contributed by atoms with Gasteiger partial charge in [-0.1, -0.05) is 36.4 Å². The van der Waals surface area contributed by atoms with Crippen LogP contribution < -0.4 is 4.74 Å². The number of rotatable bonds is 5. The highest BCUT2D eigenvalue weighted by atomic mass is 16.5. The fourth-order valence-corrected chi connectivity index (χ4v) is 4.09. The first-order valence-electron chi connectivity index (χ1n) is 9.25. The summed E-state index contributed by atoms with van der Waals surface area (Å²) in [6.45, 7) is 3.47. The van der Waals surface area contributed by atoms with Crippen LogP contribution in [0.2, 0.25) is 0 Å². The molecule has 25 heavy (non-hydrogen) atoms. The molecule has 1 N–H and O–H groups in total. The fourth-order valence-electron chi connectivity index (χ4n) is 4.09. The molecule has 0 atom stereocenters. The Bertz CT molecular complexity index is 831. The molecule has 1 aliphatic rings. The molecule has 3 nitrogen and oxygen atoms in total. The molecule has 2 heterocycles. The molecule has 1 saturated heterocycles. The van der Waals surface area contributed by atoms with Crippen LogP contribution in [0, 0.1) is 0 Å². The maximum atomic E-state index is 5.47. The lowest BCUT2D eigenvalue weighted by atomic mass is 9.89. The molecule has 0 amide bonds. The lowest BCUT2D eigenvalue weighted by Gasteiger charge is -2.32. The van der Waals surface area contributed by atoms with Crippen molar-refractivity contribution in [1.82, 2.24) is 9.88 Å². The van der Waals surface area contributed by atoms with Gasteiger partial charge in [-0.2, -0.15) is 0 Å². The Balaban J connectivity index is 1.35. The molecule has 0 radical (unpaired) electrons. The Morgan fingerprint density at radius 3 is 2.64 bits per heavy atom. The van der Waals surface area contributed by atoms with Gasteiger partial charge in [-0.15, -0.1) is 0 Å². The summed E-state index contributed by atoms with van der Waals surface area (Å²) in [6, 6.07) is 17.0. The first kappa shape index (κ1) is 16.2. The molecule has 3 aromatic rings. The molecule has 0 unspecified atom stereocenters. The predicted octanol–water partition coefficient (Wildman–Crippen LogP) is 4.60. The van der Waals surface area contributed by atoms with Crippen LogP contribution >= 0.6 is 0 Å². The van der Waals surface area contributed by atoms with Crippen molar-refractivity contribution >= 4 is 10.9 Å². The second-order valence-corrected chi connectivity index (χ2v) is 6.97. The van der Waals surface area contributed by atoms with E-state index in [1.807, 2.05) is 6.07 Å². The van der Waals surface area contributed by atoms with Gasteiger partial charge in [0.15, 0.2) is 0 Å². The van der Waals surface area contributed by atoms with Crippen molar-refractivity contribution in [2.24, 2.45) is 0 Å². The van der Waals surface area contributed by atoms with Crippen LogP contribution in [0.1, 0.15) is 29.9 Å². The molecular weight excluding hydrogens is 308 g/mol. The lowest BCUT2D eigenvalue weighted by Crippen LogP contribution is -2.34. The fraction of sp³-hybridized carbons (Fsp3) is 0.364. The Kier molecular flexibility index (Phi) is 4.75. The van der Waals surface area contributed by atoms with Gasteiger partial charge in [0.25, 0.3) is 0 Å². The number of benzene rings is 2. The zero-order chi connectivity index (χ0) is 17.1. The molecule has 0 bridgehead atoms. The van der Waals surface area contributed by atoms with Crippen molar-refractivity contribution in [2.75, 3.05) is 26.7 Å². The van der Waals surface area contributed by atoms with Gasteiger partial charge < -0.3 is 14.6 Å². The Labute approximate surface area is 149 Å². The predicted molar refractivity (Wildman–Crippen MR) is 103 cm³/mol. The monoisotopic (exact) mass is 334 g/mol. The highest BCUT2D eigenvalue weighted by Gasteiger charge is 2.22. The lowest BCUT2D eigenvalue weighted by molar-refractivity contribution is 0.214. The van der Waals surface area contributed by atoms with Crippen molar-refractivity contribution in [1.29, 1.82) is 0 Å². The number of hydrogen-bond acceptors (Lipinski definition) is 2. The van der Waals surface area contributed by atoms with Gasteiger partial charge in [-0.05, 0) is 61.5 Å². The summed E-state index contributed by atoms with van der Waals surface area (Å²) >= 11 is 0. The number of likely N-dealkylation sites (tertiary alicyclic amines) is 1. The summed E-state index contributed by atoms with van der Waals surface area (Å²) in [5, 5.41) is 1.40. The van der Waals surface area contributed by atoms with Crippen LogP contribution in [0.4, 0.5) is 0 Å². The first-order valence-corrected chi connectivity index (χ1v) is 9.25. The van der Waals surface area contributed by atoms with Crippen molar-refractivity contribution in [3.05, 3.63) is 65.9 Å². The van der Waals surface area contributed by atoms with E-state index < -0.39 is 0 Å². The highest BCUT2D eigenvalue weighted by molar-refractivity contribution is 5.83. The minimum absolute atomic E-state index is 0.679. The summed E-state index contributed by atoms with van der Waals surface area (Å²) < 4.78 is 5.47. The normalized spacial score (nSPS) is 16.4. The third-order valence-corrected chi connectivity index (χ3v) is 5.54. The van der Waals surface area contributed by atoms with Gasteiger partial charge in [0.05, 0.1) is 7.11 Å². The summed E-state index contributed by atoms with van der Waals surface area (Å²) in [5.74, 6) is 1.69. The van der Waals surface area contributed by atoms with Gasteiger partial charge in [-0.25, -0.2) is 0 Å². The average Bonchev–Trinajstić information content (AvgIpc) is 3.11. The largest absolute Gasteiger partial charge is 0.496 e. The van der Waals surface area contributed by atoms with E-state index in [4.69, 9.17) is 4.74 Å². The number of aromatic amines is 1. The molecule has 130 valence electrons. The standard InChI is InChI=1S/C22H26N2O/c1-25-22-9-5-2-6-18(22)12-15-24-13-10-17(11-14-24)20-16-23-21-8-4-3-7-19(20)21/h2-9,16-17,23H,10-15H2,1H3. The maximum absolute atomic E-state index is 5.47. The van der Waals surface area contributed by atoms with E-state index in [-0.39, 0.29) is 0 Å². The van der Waals surface area contributed by atoms with Crippen LogP contribution in [0.3, 0.4) is 0 Å². The van der Waals surface area contributed by atoms with Crippen molar-refractivity contribution in [3.8, 4) is 5.75 Å². The highest BCUT2D eigenvalue weighted by Crippen LogP contribution is 2.33. The summed E-state index contributed by atoms with van der Waals surface area (Å²) in [4.78, 5) is 6.02. The average molecular weight is 334 g/mol. The number of nitrogens with zero attached hydrogens (tertiary/aromatic N) is 1. The van der Waals surface area contributed by atoms with Crippen LogP contribution in [-0.2, 0) is 6.42 Å². The summed E-state index contributed by atoms with van der Waals surface area (Å²) in [7, 11) is 1.76. The Morgan fingerprint density at radius 1 is 1.04 bits per heavy atom. The number of fused-ring (bicyclic) bond motifs is 1. The molecule has 4 rings (SSSR count). The van der Waals surface area contributed by atoms with Crippen LogP contribution in [0.5, 0.6) is 5.75 Å². The number of H-pyrrole nitrogens is 1. The second kappa shape index (κ2) is 7.32. The van der Waals surface area contributed by atoms with Gasteiger partial charge >= 0.3 is 0 Å². The maximum Gasteiger partial charge on any atom is 0.122 e. The van der Waals surface area contributed by atoms with E-state index >= 15 is 0 Å². The minimum Gasteiger partial charge on any atom is -0.496 e. The van der Waals surface area contributed by atoms with Crippen molar-refractivity contribution in [2.45, 2.75) is 25.2 Å². The van der Waals surface area contributed by atoms with E-state index in [2.05, 4.69) is 58.5 Å². The number of hydrogen-bond donors (Lipinski definition) is 1. The zero-order valence-electron chi connectivity index (χ0n) is 14.9. The molecular formula is C22H26N2O. The molecule has 0 spiro atoms.